The second-order valence-electron chi connectivity index (χ2n) is 25.8. The molecule has 2 unspecified atom stereocenters. The highest BCUT2D eigenvalue weighted by molar-refractivity contribution is 5.91. The number of hydrogen-bond acceptors (Lipinski definition) is 22. The van der Waals surface area contributed by atoms with Gasteiger partial charge in [0, 0.05) is 23.2 Å². The molecular formula is C52H84O22. The number of aliphatic hydroxyl groups is 12. The van der Waals surface area contributed by atoms with E-state index in [-0.39, 0.29) is 57.2 Å². The fraction of sp³-hybridized carbons (Fsp3) is 0.981. The lowest BCUT2D eigenvalue weighted by molar-refractivity contribution is -0.393. The van der Waals surface area contributed by atoms with Crippen LogP contribution in [0.1, 0.15) is 106 Å². The van der Waals surface area contributed by atoms with E-state index < -0.39 is 154 Å². The maximum absolute atomic E-state index is 14.6. The summed E-state index contributed by atoms with van der Waals surface area (Å²) in [7, 11) is 0. The van der Waals surface area contributed by atoms with Crippen LogP contribution in [0.3, 0.4) is 0 Å². The lowest BCUT2D eigenvalue weighted by Gasteiger charge is -2.74. The normalized spacial score (nSPS) is 57.2. The predicted octanol–water partition coefficient (Wildman–Crippen LogP) is -1.89. The van der Waals surface area contributed by atoms with E-state index >= 15 is 0 Å². The Morgan fingerprint density at radius 2 is 1.19 bits per heavy atom. The molecule has 0 aromatic rings. The molecule has 10 rings (SSSR count). The first kappa shape index (κ1) is 56.1. The number of hydrogen-bond donors (Lipinski definition) is 12. The summed E-state index contributed by atoms with van der Waals surface area (Å²) in [6.07, 6.45) is -23.3. The average molecular weight is 1060 g/mol. The van der Waals surface area contributed by atoms with Gasteiger partial charge >= 0.3 is 0 Å². The van der Waals surface area contributed by atoms with E-state index in [1.807, 2.05) is 6.92 Å². The van der Waals surface area contributed by atoms with Crippen LogP contribution in [-0.2, 0) is 47.4 Å². The molecule has 0 amide bonds. The first-order chi connectivity index (χ1) is 34.8. The first-order valence-corrected chi connectivity index (χ1v) is 27.1. The summed E-state index contributed by atoms with van der Waals surface area (Å²) < 4.78 is 55.4. The van der Waals surface area contributed by atoms with E-state index in [9.17, 15) is 66.1 Å². The van der Waals surface area contributed by atoms with Gasteiger partial charge in [-0.15, -0.1) is 0 Å². The Hall–Kier alpha value is -1.17. The largest absolute Gasteiger partial charge is 0.396 e. The maximum Gasteiger partial charge on any atom is 0.187 e. The summed E-state index contributed by atoms with van der Waals surface area (Å²) in [4.78, 5) is 14.6. The molecule has 22 nitrogen and oxygen atoms in total. The second-order valence-corrected chi connectivity index (χ2v) is 25.8. The molecule has 22 heteroatoms. The van der Waals surface area contributed by atoms with Crippen LogP contribution in [-0.4, -0.2) is 229 Å². The number of ketones is 1. The molecular weight excluding hydrogens is 977 g/mol. The van der Waals surface area contributed by atoms with Crippen molar-refractivity contribution in [3.8, 4) is 0 Å². The van der Waals surface area contributed by atoms with Gasteiger partial charge in [-0.05, 0) is 91.3 Å². The van der Waals surface area contributed by atoms with Crippen molar-refractivity contribution in [1.29, 1.82) is 0 Å². The van der Waals surface area contributed by atoms with Crippen molar-refractivity contribution in [2.45, 2.75) is 228 Å². The van der Waals surface area contributed by atoms with Crippen LogP contribution in [0.4, 0.5) is 0 Å². The molecule has 5 saturated carbocycles. The molecule has 2 bridgehead atoms. The standard InChI is InChI=1S/C52H84O22/c1-46(2)13-14-52-29(15-46)51(22-68-52)12-8-28-47(3)10-9-31(48(4,21-55)27(47)7-11-49(28,5)50(51,6)16-30(52)57)72-44-40(74-43-39(65)36(62)33(59)24(17-53)69-43)35(61)26(20-67-44)71-45-41(37(63)34(60)25(18-54)70-45)73-42-38(64)32(58)23(56)19-66-42/h23-29,31-45,53-56,58-65H,7-22H2,1-6H3/t23-,24-,25-,26+,27?,28?,29+,31+,32+,33-,34-,35+,36+,37+,38-,39-,40-,41-,42+,43+,44+,45+,47+,48+,49-,50+,51+,52-/m1/s1. The zero-order valence-electron chi connectivity index (χ0n) is 43.5. The molecule has 5 heterocycles. The molecule has 10 fully saturated rings. The van der Waals surface area contributed by atoms with Crippen molar-refractivity contribution >= 4 is 5.78 Å². The lowest BCUT2D eigenvalue weighted by atomic mass is 9.29. The minimum absolute atomic E-state index is 0.0756. The van der Waals surface area contributed by atoms with Gasteiger partial charge < -0.3 is 104 Å². The molecule has 1 spiro atoms. The van der Waals surface area contributed by atoms with Crippen LogP contribution >= 0.6 is 0 Å². The Morgan fingerprint density at radius 1 is 0.568 bits per heavy atom. The van der Waals surface area contributed by atoms with Crippen molar-refractivity contribution in [2.75, 3.05) is 39.6 Å². The third-order valence-corrected chi connectivity index (χ3v) is 21.8. The molecule has 0 aromatic carbocycles. The van der Waals surface area contributed by atoms with E-state index in [1.54, 1.807) is 0 Å². The Morgan fingerprint density at radius 3 is 1.88 bits per heavy atom. The van der Waals surface area contributed by atoms with Gasteiger partial charge in [0.2, 0.25) is 0 Å². The van der Waals surface area contributed by atoms with Crippen LogP contribution in [0.25, 0.3) is 0 Å². The number of ether oxygens (including phenoxy) is 9. The summed E-state index contributed by atoms with van der Waals surface area (Å²) in [5.41, 5.74) is -2.47. The predicted molar refractivity (Wildman–Crippen MR) is 251 cm³/mol. The molecule has 424 valence electrons. The number of fused-ring (bicyclic) bond motifs is 4. The van der Waals surface area contributed by atoms with Crippen LogP contribution in [0, 0.1) is 50.2 Å². The Balaban J connectivity index is 0.913. The average Bonchev–Trinajstić information content (AvgIpc) is 3.64. The zero-order chi connectivity index (χ0) is 53.5. The molecule has 10 aliphatic rings. The quantitative estimate of drug-likeness (QED) is 0.101. The van der Waals surface area contributed by atoms with E-state index in [4.69, 9.17) is 42.6 Å². The number of carbonyl (C=O) groups excluding carboxylic acids is 1. The number of Topliss-reactive ketones (excluding diaryl/α,β-unsaturated/α-hetero) is 1. The molecule has 0 radical (unpaired) electrons. The number of rotatable bonds is 11. The molecule has 5 aliphatic carbocycles. The highest BCUT2D eigenvalue weighted by Crippen LogP contribution is 2.81. The van der Waals surface area contributed by atoms with Crippen LogP contribution in [0.5, 0.6) is 0 Å². The Labute approximate surface area is 431 Å². The van der Waals surface area contributed by atoms with E-state index in [0.29, 0.717) is 25.9 Å². The highest BCUT2D eigenvalue weighted by atomic mass is 16.8. The highest BCUT2D eigenvalue weighted by Gasteiger charge is 2.80. The third-order valence-electron chi connectivity index (χ3n) is 21.8. The van der Waals surface area contributed by atoms with Gasteiger partial charge in [0.05, 0.1) is 45.7 Å². The smallest absolute Gasteiger partial charge is 0.187 e. The van der Waals surface area contributed by atoms with Crippen LogP contribution < -0.4 is 0 Å². The molecule has 12 N–H and O–H groups in total. The van der Waals surface area contributed by atoms with Crippen molar-refractivity contribution in [2.24, 2.45) is 50.2 Å². The molecule has 28 atom stereocenters. The van der Waals surface area contributed by atoms with Gasteiger partial charge in [-0.3, -0.25) is 4.79 Å². The van der Waals surface area contributed by atoms with Gasteiger partial charge in [0.15, 0.2) is 30.9 Å². The van der Waals surface area contributed by atoms with Gasteiger partial charge in [-0.2, -0.15) is 0 Å². The lowest BCUT2D eigenvalue weighted by Crippen LogP contribution is -2.72. The molecule has 0 aromatic heterocycles. The molecule has 5 aliphatic heterocycles. The van der Waals surface area contributed by atoms with E-state index in [0.717, 1.165) is 44.9 Å². The summed E-state index contributed by atoms with van der Waals surface area (Å²) in [6, 6.07) is 0. The first-order valence-electron chi connectivity index (χ1n) is 27.1. The third kappa shape index (κ3) is 8.31. The summed E-state index contributed by atoms with van der Waals surface area (Å²) in [5, 5.41) is 130. The number of aliphatic hydroxyl groups excluding tert-OH is 12. The van der Waals surface area contributed by atoms with Gasteiger partial charge in [0.1, 0.15) is 91.1 Å². The summed E-state index contributed by atoms with van der Waals surface area (Å²) in [5.74, 6) is 0.538. The van der Waals surface area contributed by atoms with Crippen LogP contribution in [0.15, 0.2) is 0 Å². The SMILES string of the molecule is CC1(C)CC[C@]23OC[C@@]4(CCC5[C@@]6(C)CC[C@H](O[C@@H]7OC[C@H](O[C@@H]8O[C@H](CO)[C@@H](O)[C@H](O)[C@H]8O[C@@H]8OC[C@@H](O)[C@H](O)[C@H]8O)[C@H](O)[C@H]7O[C@@H]7O[C@H](CO)[C@@H](O)[C@H](O)[C@H]7O)[C@@](C)(CO)C6CC[C@@]5(C)[C@]4(C)CC2=O)[C@@H]3C1. The van der Waals surface area contributed by atoms with Crippen molar-refractivity contribution < 1.29 is 109 Å². The van der Waals surface area contributed by atoms with Crippen molar-refractivity contribution in [3.05, 3.63) is 0 Å². The fourth-order valence-electron chi connectivity index (χ4n) is 17.3. The van der Waals surface area contributed by atoms with Crippen LogP contribution in [0.2, 0.25) is 0 Å². The van der Waals surface area contributed by atoms with Gasteiger partial charge in [-0.1, -0.05) is 41.5 Å². The van der Waals surface area contributed by atoms with Crippen molar-refractivity contribution in [1.82, 2.24) is 0 Å². The second kappa shape index (κ2) is 19.8. The Bertz CT molecular complexity index is 2030. The molecule has 5 saturated heterocycles. The topological polar surface area (TPSA) is 343 Å². The van der Waals surface area contributed by atoms with Crippen molar-refractivity contribution in [3.63, 3.8) is 0 Å². The molecule has 74 heavy (non-hydrogen) atoms. The monoisotopic (exact) mass is 1060 g/mol. The fourth-order valence-corrected chi connectivity index (χ4v) is 17.3. The number of carbonyl (C=O) groups is 1. The summed E-state index contributed by atoms with van der Waals surface area (Å²) >= 11 is 0. The minimum Gasteiger partial charge on any atom is -0.396 e. The maximum atomic E-state index is 14.6. The van der Waals surface area contributed by atoms with Gasteiger partial charge in [0.25, 0.3) is 0 Å². The zero-order valence-corrected chi connectivity index (χ0v) is 43.5. The summed E-state index contributed by atoms with van der Waals surface area (Å²) in [6.45, 7) is 11.6. The van der Waals surface area contributed by atoms with E-state index in [1.165, 1.54) is 0 Å². The van der Waals surface area contributed by atoms with E-state index in [2.05, 4.69) is 34.6 Å². The van der Waals surface area contributed by atoms with Gasteiger partial charge in [-0.25, -0.2) is 0 Å². The minimum atomic E-state index is -1.92. The Kier molecular flexibility index (Phi) is 15.0.